The summed E-state index contributed by atoms with van der Waals surface area (Å²) in [4.78, 5) is 40.1. The van der Waals surface area contributed by atoms with E-state index < -0.39 is 6.04 Å². The zero-order valence-corrected chi connectivity index (χ0v) is 19.5. The highest BCUT2D eigenvalue weighted by Gasteiger charge is 2.36. The molecule has 1 aromatic heterocycles. The van der Waals surface area contributed by atoms with E-state index in [9.17, 15) is 14.4 Å². The molecule has 9 heteroatoms. The monoisotopic (exact) mass is 474 g/mol. The Hall–Kier alpha value is -3.88. The van der Waals surface area contributed by atoms with Crippen molar-refractivity contribution in [3.05, 3.63) is 60.3 Å². The van der Waals surface area contributed by atoms with Gasteiger partial charge in [-0.15, -0.1) is 0 Å². The van der Waals surface area contributed by atoms with Crippen LogP contribution in [0.2, 0.25) is 0 Å². The number of amides is 4. The molecule has 35 heavy (non-hydrogen) atoms. The van der Waals surface area contributed by atoms with Crippen molar-refractivity contribution >= 4 is 34.4 Å². The van der Waals surface area contributed by atoms with Crippen LogP contribution in [0.3, 0.4) is 0 Å². The van der Waals surface area contributed by atoms with Crippen LogP contribution in [0, 0.1) is 5.92 Å². The van der Waals surface area contributed by atoms with E-state index in [0.29, 0.717) is 18.7 Å². The summed E-state index contributed by atoms with van der Waals surface area (Å²) in [5, 5.41) is 16.7. The molecule has 0 bridgehead atoms. The molecule has 2 fully saturated rings. The predicted molar refractivity (Wildman–Crippen MR) is 133 cm³/mol. The quantitative estimate of drug-likeness (QED) is 0.439. The molecule has 2 aromatic carbocycles. The molecule has 1 saturated carbocycles. The second-order valence-electron chi connectivity index (χ2n) is 9.45. The van der Waals surface area contributed by atoms with Crippen molar-refractivity contribution in [1.29, 1.82) is 0 Å². The number of rotatable bonds is 6. The molecule has 0 spiro atoms. The Kier molecular flexibility index (Phi) is 6.65. The van der Waals surface area contributed by atoms with E-state index in [-0.39, 0.29) is 36.3 Å². The average molecular weight is 475 g/mol. The largest absolute Gasteiger partial charge is 0.342 e. The Bertz CT molecular complexity index is 1210. The lowest BCUT2D eigenvalue weighted by Crippen LogP contribution is -2.60. The number of carbonyl (C=O) groups is 3. The van der Waals surface area contributed by atoms with Gasteiger partial charge < -0.3 is 20.9 Å². The molecule has 1 saturated heterocycles. The molecule has 1 aliphatic carbocycles. The van der Waals surface area contributed by atoms with Crippen LogP contribution < -0.4 is 16.0 Å². The van der Waals surface area contributed by atoms with Crippen LogP contribution in [-0.4, -0.2) is 58.1 Å². The Balaban J connectivity index is 1.21. The fourth-order valence-corrected chi connectivity index (χ4v) is 5.17. The van der Waals surface area contributed by atoms with E-state index in [1.807, 2.05) is 48.5 Å². The highest BCUT2D eigenvalue weighted by atomic mass is 16.2. The zero-order chi connectivity index (χ0) is 24.2. The predicted octanol–water partition coefficient (Wildman–Crippen LogP) is 2.81. The zero-order valence-electron chi connectivity index (χ0n) is 19.5. The summed E-state index contributed by atoms with van der Waals surface area (Å²) in [6, 6.07) is 14.4. The first kappa shape index (κ1) is 22.9. The number of fused-ring (bicyclic) bond motifs is 1. The number of nitrogens with zero attached hydrogens (tertiary/aromatic N) is 2. The van der Waals surface area contributed by atoms with Gasteiger partial charge in [-0.1, -0.05) is 43.2 Å². The number of hydrogen-bond acceptors (Lipinski definition) is 4. The number of hydrogen-bond donors (Lipinski definition) is 4. The van der Waals surface area contributed by atoms with E-state index in [1.54, 1.807) is 11.1 Å². The number of nitrogens with one attached hydrogen (secondary N) is 4. The Labute approximate surface area is 203 Å². The summed E-state index contributed by atoms with van der Waals surface area (Å²) in [6.07, 6.45) is 6.00. The molecule has 9 nitrogen and oxygen atoms in total. The van der Waals surface area contributed by atoms with Gasteiger partial charge in [0.05, 0.1) is 18.3 Å². The van der Waals surface area contributed by atoms with Gasteiger partial charge in [-0.05, 0) is 42.5 Å². The Morgan fingerprint density at radius 2 is 1.91 bits per heavy atom. The Morgan fingerprint density at radius 1 is 1.09 bits per heavy atom. The molecule has 182 valence electrons. The summed E-state index contributed by atoms with van der Waals surface area (Å²) < 4.78 is 0. The molecule has 4 N–H and O–H groups in total. The van der Waals surface area contributed by atoms with Gasteiger partial charge in [-0.2, -0.15) is 5.10 Å². The third kappa shape index (κ3) is 5.45. The van der Waals surface area contributed by atoms with Crippen molar-refractivity contribution in [1.82, 2.24) is 25.7 Å². The molecule has 0 radical (unpaired) electrons. The van der Waals surface area contributed by atoms with E-state index in [4.69, 9.17) is 0 Å². The standard InChI is InChI=1S/C26H30N6O3/c33-24-16-32(25(34)23(29-24)12-17-6-2-1-3-7-17)15-18-8-4-5-9-21(18)30-26(35)28-20-10-11-22-19(13-20)14-27-31-22/h1-3,6-7,10-11,13-14,18,21,23H,4-5,8-9,12,15-16H2,(H,27,31)(H,29,33)(H2,28,30,35)/t18-,21+,23-/m0/s1. The van der Waals surface area contributed by atoms with E-state index in [0.717, 1.165) is 42.1 Å². The minimum absolute atomic E-state index is 0.0596. The van der Waals surface area contributed by atoms with Crippen LogP contribution in [0.4, 0.5) is 10.5 Å². The molecule has 3 atom stereocenters. The Morgan fingerprint density at radius 3 is 2.77 bits per heavy atom. The highest BCUT2D eigenvalue weighted by molar-refractivity contribution is 5.95. The van der Waals surface area contributed by atoms with Crippen LogP contribution in [0.1, 0.15) is 31.2 Å². The van der Waals surface area contributed by atoms with Crippen molar-refractivity contribution in [3.63, 3.8) is 0 Å². The molecule has 0 unspecified atom stereocenters. The fourth-order valence-electron chi connectivity index (χ4n) is 5.17. The summed E-state index contributed by atoms with van der Waals surface area (Å²) in [7, 11) is 0. The molecule has 3 aromatic rings. The first-order chi connectivity index (χ1) is 17.0. The number of aromatic nitrogens is 2. The number of piperazine rings is 1. The lowest BCUT2D eigenvalue weighted by molar-refractivity contribution is -0.145. The minimum Gasteiger partial charge on any atom is -0.342 e. The molecule has 4 amide bonds. The van der Waals surface area contributed by atoms with Gasteiger partial charge in [-0.3, -0.25) is 14.7 Å². The van der Waals surface area contributed by atoms with Gasteiger partial charge in [0.1, 0.15) is 6.04 Å². The SMILES string of the molecule is O=C1CN(C[C@@H]2CCCC[C@H]2NC(=O)Nc2ccc3[nH]ncc3c2)C(=O)[C@H](Cc2ccccc2)N1. The van der Waals surface area contributed by atoms with Crippen molar-refractivity contribution in [3.8, 4) is 0 Å². The maximum atomic E-state index is 13.2. The normalized spacial score (nSPS) is 22.6. The van der Waals surface area contributed by atoms with E-state index in [2.05, 4.69) is 26.1 Å². The lowest BCUT2D eigenvalue weighted by atomic mass is 9.83. The molecule has 5 rings (SSSR count). The van der Waals surface area contributed by atoms with Gasteiger partial charge >= 0.3 is 6.03 Å². The first-order valence-electron chi connectivity index (χ1n) is 12.2. The topological polar surface area (TPSA) is 119 Å². The van der Waals surface area contributed by atoms with Crippen molar-refractivity contribution < 1.29 is 14.4 Å². The van der Waals surface area contributed by atoms with Gasteiger partial charge in [0, 0.05) is 30.1 Å². The third-order valence-electron chi connectivity index (χ3n) is 6.94. The summed E-state index contributed by atoms with van der Waals surface area (Å²) in [5.41, 5.74) is 2.61. The summed E-state index contributed by atoms with van der Waals surface area (Å²) in [5.74, 6) is -0.105. The number of carbonyl (C=O) groups excluding carboxylic acids is 3. The van der Waals surface area contributed by atoms with Crippen molar-refractivity contribution in [2.45, 2.75) is 44.2 Å². The van der Waals surface area contributed by atoms with Crippen LogP contribution in [0.25, 0.3) is 10.9 Å². The molecule has 2 heterocycles. The molecule has 2 aliphatic rings. The third-order valence-corrected chi connectivity index (χ3v) is 6.94. The number of H-pyrrole nitrogens is 1. The fraction of sp³-hybridized carbons (Fsp3) is 0.385. The second-order valence-corrected chi connectivity index (χ2v) is 9.45. The number of urea groups is 1. The van der Waals surface area contributed by atoms with E-state index in [1.165, 1.54) is 0 Å². The molecular formula is C26H30N6O3. The van der Waals surface area contributed by atoms with Gasteiger partial charge in [0.2, 0.25) is 11.8 Å². The lowest BCUT2D eigenvalue weighted by Gasteiger charge is -2.39. The molecular weight excluding hydrogens is 444 g/mol. The van der Waals surface area contributed by atoms with Crippen LogP contribution in [-0.2, 0) is 16.0 Å². The van der Waals surface area contributed by atoms with Gasteiger partial charge in [0.25, 0.3) is 0 Å². The number of aromatic amines is 1. The van der Waals surface area contributed by atoms with E-state index >= 15 is 0 Å². The summed E-state index contributed by atoms with van der Waals surface area (Å²) in [6.45, 7) is 0.522. The van der Waals surface area contributed by atoms with Crippen molar-refractivity contribution in [2.75, 3.05) is 18.4 Å². The maximum Gasteiger partial charge on any atom is 0.319 e. The van der Waals surface area contributed by atoms with Crippen LogP contribution in [0.5, 0.6) is 0 Å². The second kappa shape index (κ2) is 10.2. The minimum atomic E-state index is -0.560. The summed E-state index contributed by atoms with van der Waals surface area (Å²) >= 11 is 0. The number of anilines is 1. The first-order valence-corrected chi connectivity index (χ1v) is 12.2. The smallest absolute Gasteiger partial charge is 0.319 e. The van der Waals surface area contributed by atoms with Gasteiger partial charge in [0.15, 0.2) is 0 Å². The van der Waals surface area contributed by atoms with Crippen LogP contribution in [0.15, 0.2) is 54.7 Å². The van der Waals surface area contributed by atoms with Crippen molar-refractivity contribution in [2.24, 2.45) is 5.92 Å². The van der Waals surface area contributed by atoms with Gasteiger partial charge in [-0.25, -0.2) is 4.79 Å². The van der Waals surface area contributed by atoms with Crippen LogP contribution >= 0.6 is 0 Å². The average Bonchev–Trinajstić information content (AvgIpc) is 3.32. The maximum absolute atomic E-state index is 13.2. The number of benzene rings is 2. The highest BCUT2D eigenvalue weighted by Crippen LogP contribution is 2.26. The molecule has 1 aliphatic heterocycles.